The molecule has 0 saturated heterocycles. The van der Waals surface area contributed by atoms with E-state index < -0.39 is 23.6 Å². The van der Waals surface area contributed by atoms with Crippen molar-refractivity contribution in [2.45, 2.75) is 0 Å². The summed E-state index contributed by atoms with van der Waals surface area (Å²) in [5.74, 6) is -0.615. The van der Waals surface area contributed by atoms with E-state index in [0.717, 1.165) is 12.1 Å². The Morgan fingerprint density at radius 2 is 1.82 bits per heavy atom. The number of carbonyl (C=O) groups is 1. The van der Waals surface area contributed by atoms with Gasteiger partial charge in [0.25, 0.3) is 11.6 Å². The zero-order valence-corrected chi connectivity index (χ0v) is 11.3. The van der Waals surface area contributed by atoms with E-state index in [1.54, 1.807) is 24.3 Å². The van der Waals surface area contributed by atoms with Gasteiger partial charge in [-0.3, -0.25) is 14.9 Å². The van der Waals surface area contributed by atoms with Crippen LogP contribution in [0.15, 0.2) is 42.5 Å². The highest BCUT2D eigenvalue weighted by Gasteiger charge is 2.20. The van der Waals surface area contributed by atoms with E-state index >= 15 is 0 Å². The van der Waals surface area contributed by atoms with Crippen molar-refractivity contribution >= 4 is 35.6 Å². The summed E-state index contributed by atoms with van der Waals surface area (Å²) >= 11 is 0. The first kappa shape index (κ1) is 15.5. The Kier molecular flexibility index (Phi) is 4.40. The highest BCUT2D eigenvalue weighted by molar-refractivity contribution is 6.58. The van der Waals surface area contributed by atoms with Gasteiger partial charge in [0.05, 0.1) is 4.92 Å². The third-order valence-corrected chi connectivity index (χ3v) is 2.88. The number of amides is 1. The number of non-ortho nitro benzene ring substituents is 1. The maximum Gasteiger partial charge on any atom is 0.488 e. The first-order chi connectivity index (χ1) is 10.4. The fraction of sp³-hybridized carbons (Fsp3) is 0. The maximum absolute atomic E-state index is 12.1. The fourth-order valence-corrected chi connectivity index (χ4v) is 1.79. The van der Waals surface area contributed by atoms with Crippen molar-refractivity contribution in [3.8, 4) is 0 Å². The van der Waals surface area contributed by atoms with Crippen molar-refractivity contribution in [3.63, 3.8) is 0 Å². The lowest BCUT2D eigenvalue weighted by atomic mass is 9.79. The number of anilines is 2. The van der Waals surface area contributed by atoms with Gasteiger partial charge in [0.2, 0.25) is 0 Å². The molecule has 2 aromatic rings. The first-order valence-electron chi connectivity index (χ1n) is 6.19. The van der Waals surface area contributed by atoms with Gasteiger partial charge in [0, 0.05) is 29.1 Å². The molecule has 0 atom stereocenters. The summed E-state index contributed by atoms with van der Waals surface area (Å²) in [4.78, 5) is 22.2. The average molecular weight is 301 g/mol. The molecule has 5 N–H and O–H groups in total. The van der Waals surface area contributed by atoms with Gasteiger partial charge in [-0.15, -0.1) is 0 Å². The summed E-state index contributed by atoms with van der Waals surface area (Å²) in [6.45, 7) is 0. The number of rotatable bonds is 4. The SMILES string of the molecule is Nc1ccc(NC(=O)c2cc(B(O)O)cc([N+](=O)[O-])c2)cc1. The van der Waals surface area contributed by atoms with Crippen molar-refractivity contribution < 1.29 is 19.8 Å². The van der Waals surface area contributed by atoms with Gasteiger partial charge in [-0.25, -0.2) is 0 Å². The van der Waals surface area contributed by atoms with Crippen molar-refractivity contribution in [1.82, 2.24) is 0 Å². The Morgan fingerprint density at radius 3 is 2.36 bits per heavy atom. The monoisotopic (exact) mass is 301 g/mol. The van der Waals surface area contributed by atoms with Gasteiger partial charge in [0.1, 0.15) is 0 Å². The summed E-state index contributed by atoms with van der Waals surface area (Å²) in [6.07, 6.45) is 0. The third-order valence-electron chi connectivity index (χ3n) is 2.88. The zero-order chi connectivity index (χ0) is 16.3. The molecule has 9 heteroatoms. The second kappa shape index (κ2) is 6.25. The molecular weight excluding hydrogens is 289 g/mol. The number of nitrogens with one attached hydrogen (secondary N) is 1. The van der Waals surface area contributed by atoms with Crippen LogP contribution >= 0.6 is 0 Å². The Bertz CT molecular complexity index is 718. The highest BCUT2D eigenvalue weighted by Crippen LogP contribution is 2.15. The van der Waals surface area contributed by atoms with Crippen LogP contribution in [0, 0.1) is 10.1 Å². The van der Waals surface area contributed by atoms with Gasteiger partial charge >= 0.3 is 7.12 Å². The number of nitro groups is 1. The minimum Gasteiger partial charge on any atom is -0.423 e. The Labute approximate surface area is 125 Å². The molecule has 0 aliphatic carbocycles. The Hall–Kier alpha value is -2.91. The fourth-order valence-electron chi connectivity index (χ4n) is 1.79. The molecule has 1 amide bonds. The maximum atomic E-state index is 12.1. The lowest BCUT2D eigenvalue weighted by Gasteiger charge is -2.07. The Morgan fingerprint density at radius 1 is 1.18 bits per heavy atom. The lowest BCUT2D eigenvalue weighted by molar-refractivity contribution is -0.384. The summed E-state index contributed by atoms with van der Waals surface area (Å²) < 4.78 is 0. The predicted molar refractivity (Wildman–Crippen MR) is 81.7 cm³/mol. The summed E-state index contributed by atoms with van der Waals surface area (Å²) in [7, 11) is -1.91. The lowest BCUT2D eigenvalue weighted by Crippen LogP contribution is -2.31. The van der Waals surface area contributed by atoms with Crippen LogP contribution in [0.3, 0.4) is 0 Å². The van der Waals surface area contributed by atoms with E-state index in [-0.39, 0.29) is 11.0 Å². The molecule has 112 valence electrons. The number of hydrogen-bond donors (Lipinski definition) is 4. The van der Waals surface area contributed by atoms with E-state index in [2.05, 4.69) is 5.32 Å². The molecule has 0 aromatic heterocycles. The van der Waals surface area contributed by atoms with Crippen molar-refractivity contribution in [1.29, 1.82) is 0 Å². The molecule has 0 heterocycles. The standard InChI is InChI=1S/C13H12BN3O5/c15-10-1-3-11(4-2-10)16-13(18)8-5-9(14(19)20)7-12(6-8)17(21)22/h1-7,19-20H,15H2,(H,16,18). The molecule has 0 aliphatic heterocycles. The number of nitrogen functional groups attached to an aromatic ring is 1. The second-order valence-electron chi connectivity index (χ2n) is 4.52. The number of nitrogens with zero attached hydrogens (tertiary/aromatic N) is 1. The quantitative estimate of drug-likeness (QED) is 0.273. The molecule has 2 aromatic carbocycles. The van der Waals surface area contributed by atoms with E-state index in [0.29, 0.717) is 11.4 Å². The highest BCUT2D eigenvalue weighted by atomic mass is 16.6. The number of nitro benzene ring substituents is 1. The summed E-state index contributed by atoms with van der Waals surface area (Å²) in [5, 5.41) is 31.7. The zero-order valence-electron chi connectivity index (χ0n) is 11.3. The molecule has 0 unspecified atom stereocenters. The van der Waals surface area contributed by atoms with Gasteiger partial charge in [-0.2, -0.15) is 0 Å². The van der Waals surface area contributed by atoms with Crippen molar-refractivity contribution in [2.75, 3.05) is 11.1 Å². The van der Waals surface area contributed by atoms with Crippen LogP contribution < -0.4 is 16.5 Å². The minimum atomic E-state index is -1.91. The molecule has 0 aliphatic rings. The normalized spacial score (nSPS) is 10.1. The van der Waals surface area contributed by atoms with E-state index in [4.69, 9.17) is 15.8 Å². The van der Waals surface area contributed by atoms with Crippen molar-refractivity contribution in [2.24, 2.45) is 0 Å². The molecule has 0 radical (unpaired) electrons. The molecule has 8 nitrogen and oxygen atoms in total. The molecule has 2 rings (SSSR count). The first-order valence-corrected chi connectivity index (χ1v) is 6.19. The van der Waals surface area contributed by atoms with E-state index in [9.17, 15) is 14.9 Å². The topological polar surface area (TPSA) is 139 Å². The molecule has 0 fully saturated rings. The molecule has 0 spiro atoms. The van der Waals surface area contributed by atoms with Crippen LogP contribution in [0.2, 0.25) is 0 Å². The minimum absolute atomic E-state index is 0.0610. The van der Waals surface area contributed by atoms with E-state index in [1.165, 1.54) is 6.07 Å². The number of benzene rings is 2. The van der Waals surface area contributed by atoms with Crippen LogP contribution in [-0.2, 0) is 0 Å². The van der Waals surface area contributed by atoms with Crippen LogP contribution in [0.5, 0.6) is 0 Å². The second-order valence-corrected chi connectivity index (χ2v) is 4.52. The number of nitrogens with two attached hydrogens (primary N) is 1. The average Bonchev–Trinajstić information content (AvgIpc) is 2.49. The van der Waals surface area contributed by atoms with Crippen molar-refractivity contribution in [3.05, 3.63) is 58.1 Å². The Balaban J connectivity index is 2.32. The number of carbonyl (C=O) groups excluding carboxylic acids is 1. The van der Waals surface area contributed by atoms with Crippen LogP contribution in [-0.4, -0.2) is 28.0 Å². The van der Waals surface area contributed by atoms with Gasteiger partial charge in [-0.05, 0) is 35.8 Å². The van der Waals surface area contributed by atoms with Gasteiger partial charge < -0.3 is 21.1 Å². The van der Waals surface area contributed by atoms with Crippen LogP contribution in [0.4, 0.5) is 17.1 Å². The van der Waals surface area contributed by atoms with Gasteiger partial charge in [-0.1, -0.05) is 0 Å². The van der Waals surface area contributed by atoms with Crippen LogP contribution in [0.1, 0.15) is 10.4 Å². The molecule has 0 saturated carbocycles. The van der Waals surface area contributed by atoms with Crippen LogP contribution in [0.25, 0.3) is 0 Å². The molecule has 0 bridgehead atoms. The third kappa shape index (κ3) is 3.60. The predicted octanol–water partition coefficient (Wildman–Crippen LogP) is 0.109. The number of hydrogen-bond acceptors (Lipinski definition) is 6. The smallest absolute Gasteiger partial charge is 0.423 e. The largest absolute Gasteiger partial charge is 0.488 e. The molecule has 22 heavy (non-hydrogen) atoms. The van der Waals surface area contributed by atoms with E-state index in [1.807, 2.05) is 0 Å². The summed E-state index contributed by atoms with van der Waals surface area (Å²) in [6, 6.07) is 9.55. The molecular formula is C13H12BN3O5. The van der Waals surface area contributed by atoms with Gasteiger partial charge in [0.15, 0.2) is 0 Å². The summed E-state index contributed by atoms with van der Waals surface area (Å²) in [5.41, 5.74) is 5.90.